The Bertz CT molecular complexity index is 222. The zero-order chi connectivity index (χ0) is 8.81. The van der Waals surface area contributed by atoms with E-state index in [2.05, 4.69) is 10.4 Å². The van der Waals surface area contributed by atoms with Crippen LogP contribution < -0.4 is 5.32 Å². The molecule has 1 aromatic rings. The zero-order valence-corrected chi connectivity index (χ0v) is 7.32. The average molecular weight is 169 g/mol. The van der Waals surface area contributed by atoms with Gasteiger partial charge in [0.25, 0.3) is 0 Å². The summed E-state index contributed by atoms with van der Waals surface area (Å²) in [5, 5.41) is 15.6. The summed E-state index contributed by atoms with van der Waals surface area (Å²) in [6.45, 7) is 1.76. The van der Waals surface area contributed by atoms with E-state index in [1.807, 2.05) is 19.4 Å². The number of aryl methyl sites for hydroxylation is 1. The fourth-order valence-electron chi connectivity index (χ4n) is 1.04. The molecule has 0 aliphatic carbocycles. The third-order valence-electron chi connectivity index (χ3n) is 1.64. The lowest BCUT2D eigenvalue weighted by atomic mass is 10.2. The van der Waals surface area contributed by atoms with Crippen LogP contribution >= 0.6 is 0 Å². The number of nitrogens with one attached hydrogen (secondary N) is 1. The molecule has 68 valence electrons. The number of rotatable bonds is 5. The Kier molecular flexibility index (Phi) is 3.76. The lowest BCUT2D eigenvalue weighted by Crippen LogP contribution is -2.20. The summed E-state index contributed by atoms with van der Waals surface area (Å²) in [4.78, 5) is 0. The van der Waals surface area contributed by atoms with Crippen LogP contribution in [0.4, 0.5) is 0 Å². The van der Waals surface area contributed by atoms with Gasteiger partial charge in [0, 0.05) is 19.8 Å². The predicted molar refractivity (Wildman–Crippen MR) is 46.9 cm³/mol. The molecular weight excluding hydrogens is 154 g/mol. The molecule has 4 heteroatoms. The Morgan fingerprint density at radius 3 is 3.00 bits per heavy atom. The topological polar surface area (TPSA) is 50.1 Å². The standard InChI is InChI=1S/C8H15N3O/c1-11-7-8(6-10-11)2-3-9-4-5-12/h6-7,9,12H,2-5H2,1H3. The first-order chi connectivity index (χ1) is 5.83. The fourth-order valence-corrected chi connectivity index (χ4v) is 1.04. The molecule has 0 aliphatic heterocycles. The van der Waals surface area contributed by atoms with Crippen LogP contribution in [0.2, 0.25) is 0 Å². The third kappa shape index (κ3) is 3.02. The molecule has 1 aromatic heterocycles. The van der Waals surface area contributed by atoms with E-state index in [0.29, 0.717) is 6.54 Å². The van der Waals surface area contributed by atoms with Crippen molar-refractivity contribution in [3.63, 3.8) is 0 Å². The van der Waals surface area contributed by atoms with E-state index in [1.165, 1.54) is 5.56 Å². The van der Waals surface area contributed by atoms with Crippen molar-refractivity contribution in [2.24, 2.45) is 7.05 Å². The van der Waals surface area contributed by atoms with Gasteiger partial charge in [0.2, 0.25) is 0 Å². The summed E-state index contributed by atoms with van der Waals surface area (Å²) in [5.41, 5.74) is 1.22. The number of hydrogen-bond acceptors (Lipinski definition) is 3. The molecule has 12 heavy (non-hydrogen) atoms. The number of aliphatic hydroxyl groups is 1. The normalized spacial score (nSPS) is 10.5. The van der Waals surface area contributed by atoms with E-state index in [1.54, 1.807) is 4.68 Å². The number of aromatic nitrogens is 2. The molecule has 0 radical (unpaired) electrons. The average Bonchev–Trinajstić information content (AvgIpc) is 2.45. The highest BCUT2D eigenvalue weighted by molar-refractivity contribution is 5.03. The first-order valence-electron chi connectivity index (χ1n) is 4.12. The van der Waals surface area contributed by atoms with Crippen molar-refractivity contribution in [1.82, 2.24) is 15.1 Å². The van der Waals surface area contributed by atoms with E-state index in [0.717, 1.165) is 13.0 Å². The van der Waals surface area contributed by atoms with Gasteiger partial charge in [-0.25, -0.2) is 0 Å². The second-order valence-electron chi connectivity index (χ2n) is 2.75. The number of hydrogen-bond donors (Lipinski definition) is 2. The van der Waals surface area contributed by atoms with E-state index in [9.17, 15) is 0 Å². The molecule has 0 spiro atoms. The smallest absolute Gasteiger partial charge is 0.0555 e. The van der Waals surface area contributed by atoms with Gasteiger partial charge in [-0.2, -0.15) is 5.10 Å². The maximum atomic E-state index is 8.49. The van der Waals surface area contributed by atoms with Crippen molar-refractivity contribution in [1.29, 1.82) is 0 Å². The molecule has 1 heterocycles. The third-order valence-corrected chi connectivity index (χ3v) is 1.64. The van der Waals surface area contributed by atoms with E-state index < -0.39 is 0 Å². The number of aliphatic hydroxyl groups excluding tert-OH is 1. The molecule has 0 amide bonds. The number of nitrogens with zero attached hydrogens (tertiary/aromatic N) is 2. The second kappa shape index (κ2) is 4.90. The van der Waals surface area contributed by atoms with Gasteiger partial charge in [-0.05, 0) is 18.5 Å². The summed E-state index contributed by atoms with van der Waals surface area (Å²) < 4.78 is 1.79. The summed E-state index contributed by atoms with van der Waals surface area (Å²) in [6, 6.07) is 0. The highest BCUT2D eigenvalue weighted by Gasteiger charge is 1.94. The van der Waals surface area contributed by atoms with Gasteiger partial charge < -0.3 is 10.4 Å². The Labute approximate surface area is 72.2 Å². The highest BCUT2D eigenvalue weighted by Crippen LogP contribution is 1.95. The van der Waals surface area contributed by atoms with Crippen LogP contribution in [-0.2, 0) is 13.5 Å². The summed E-state index contributed by atoms with van der Waals surface area (Å²) in [6.07, 6.45) is 4.83. The van der Waals surface area contributed by atoms with Gasteiger partial charge in [-0.1, -0.05) is 0 Å². The summed E-state index contributed by atoms with van der Waals surface area (Å²) in [5.74, 6) is 0. The van der Waals surface area contributed by atoms with Gasteiger partial charge in [-0.3, -0.25) is 4.68 Å². The summed E-state index contributed by atoms with van der Waals surface area (Å²) >= 11 is 0. The zero-order valence-electron chi connectivity index (χ0n) is 7.32. The minimum absolute atomic E-state index is 0.201. The van der Waals surface area contributed by atoms with Gasteiger partial charge in [0.15, 0.2) is 0 Å². The van der Waals surface area contributed by atoms with Gasteiger partial charge in [0.1, 0.15) is 0 Å². The van der Waals surface area contributed by atoms with Gasteiger partial charge >= 0.3 is 0 Å². The minimum atomic E-state index is 0.201. The molecule has 0 aliphatic rings. The van der Waals surface area contributed by atoms with Crippen molar-refractivity contribution < 1.29 is 5.11 Å². The van der Waals surface area contributed by atoms with Crippen molar-refractivity contribution in [3.8, 4) is 0 Å². The first-order valence-corrected chi connectivity index (χ1v) is 4.12. The van der Waals surface area contributed by atoms with Crippen molar-refractivity contribution in [2.75, 3.05) is 19.7 Å². The molecule has 4 nitrogen and oxygen atoms in total. The van der Waals surface area contributed by atoms with Gasteiger partial charge in [-0.15, -0.1) is 0 Å². The van der Waals surface area contributed by atoms with E-state index in [-0.39, 0.29) is 6.61 Å². The SMILES string of the molecule is Cn1cc(CCNCCO)cn1. The largest absolute Gasteiger partial charge is 0.395 e. The molecule has 2 N–H and O–H groups in total. The lowest BCUT2D eigenvalue weighted by molar-refractivity contribution is 0.293. The Hall–Kier alpha value is -0.870. The molecule has 0 bridgehead atoms. The monoisotopic (exact) mass is 169 g/mol. The molecule has 0 fully saturated rings. The Morgan fingerprint density at radius 2 is 2.42 bits per heavy atom. The Morgan fingerprint density at radius 1 is 1.58 bits per heavy atom. The van der Waals surface area contributed by atoms with Crippen LogP contribution in [0.3, 0.4) is 0 Å². The maximum absolute atomic E-state index is 8.49. The quantitative estimate of drug-likeness (QED) is 0.587. The molecule has 0 aromatic carbocycles. The van der Waals surface area contributed by atoms with Crippen LogP contribution in [0.15, 0.2) is 12.4 Å². The van der Waals surface area contributed by atoms with Crippen molar-refractivity contribution in [2.45, 2.75) is 6.42 Å². The lowest BCUT2D eigenvalue weighted by Gasteiger charge is -1.99. The maximum Gasteiger partial charge on any atom is 0.0555 e. The molecule has 0 atom stereocenters. The van der Waals surface area contributed by atoms with Gasteiger partial charge in [0.05, 0.1) is 12.8 Å². The van der Waals surface area contributed by atoms with Crippen LogP contribution in [0.1, 0.15) is 5.56 Å². The van der Waals surface area contributed by atoms with E-state index in [4.69, 9.17) is 5.11 Å². The fraction of sp³-hybridized carbons (Fsp3) is 0.625. The van der Waals surface area contributed by atoms with Crippen LogP contribution in [0.5, 0.6) is 0 Å². The summed E-state index contributed by atoms with van der Waals surface area (Å²) in [7, 11) is 1.91. The van der Waals surface area contributed by atoms with Crippen molar-refractivity contribution >= 4 is 0 Å². The molecular formula is C8H15N3O. The van der Waals surface area contributed by atoms with Crippen molar-refractivity contribution in [3.05, 3.63) is 18.0 Å². The van der Waals surface area contributed by atoms with Crippen LogP contribution in [0, 0.1) is 0 Å². The van der Waals surface area contributed by atoms with Crippen LogP contribution in [0.25, 0.3) is 0 Å². The van der Waals surface area contributed by atoms with E-state index >= 15 is 0 Å². The molecule has 0 saturated carbocycles. The van der Waals surface area contributed by atoms with Crippen LogP contribution in [-0.4, -0.2) is 34.6 Å². The second-order valence-corrected chi connectivity index (χ2v) is 2.75. The Balaban J connectivity index is 2.15. The molecule has 0 saturated heterocycles. The minimum Gasteiger partial charge on any atom is -0.395 e. The molecule has 1 rings (SSSR count). The molecule has 0 unspecified atom stereocenters. The first kappa shape index (κ1) is 9.22. The highest BCUT2D eigenvalue weighted by atomic mass is 16.3. The predicted octanol–water partition coefficient (Wildman–Crippen LogP) is -0.456.